The number of carboxylic acids is 1. The van der Waals surface area contributed by atoms with Gasteiger partial charge in [-0.3, -0.25) is 4.79 Å². The number of aromatic carboxylic acids is 1. The van der Waals surface area contributed by atoms with Gasteiger partial charge in [-0.1, -0.05) is 0 Å². The second-order valence-electron chi connectivity index (χ2n) is 4.18. The molecule has 0 atom stereocenters. The van der Waals surface area contributed by atoms with Gasteiger partial charge in [0.15, 0.2) is 15.3 Å². The Balaban J connectivity index is 2.91. The number of carbonyl (C=O) groups is 1. The lowest BCUT2D eigenvalue weighted by molar-refractivity contribution is 0.0694. The van der Waals surface area contributed by atoms with E-state index >= 15 is 0 Å². The molecule has 0 unspecified atom stereocenters. The van der Waals surface area contributed by atoms with E-state index in [1.54, 1.807) is 13.8 Å². The highest BCUT2D eigenvalue weighted by Crippen LogP contribution is 2.02. The van der Waals surface area contributed by atoms with Crippen LogP contribution in [-0.4, -0.2) is 35.1 Å². The van der Waals surface area contributed by atoms with Crippen LogP contribution < -0.4 is 5.43 Å². The molecule has 1 heterocycles. The van der Waals surface area contributed by atoms with E-state index < -0.39 is 26.5 Å². The van der Waals surface area contributed by atoms with Gasteiger partial charge in [-0.25, -0.2) is 13.2 Å². The van der Waals surface area contributed by atoms with E-state index in [1.165, 1.54) is 10.8 Å². The molecule has 1 aromatic rings. The molecule has 0 aliphatic heterocycles. The smallest absolute Gasteiger partial charge is 0.341 e. The van der Waals surface area contributed by atoms with Crippen molar-refractivity contribution in [1.29, 1.82) is 0 Å². The zero-order chi connectivity index (χ0) is 13.9. The predicted octanol–water partition coefficient (Wildman–Crippen LogP) is 0.370. The van der Waals surface area contributed by atoms with Gasteiger partial charge in [0.05, 0.1) is 11.0 Å². The number of pyridine rings is 1. The molecule has 7 heteroatoms. The average molecular weight is 273 g/mol. The standard InChI is InChI=1S/C11H15NO5S/c1-8(2)18(16,17)6-5-12-4-3-10(13)9(7-12)11(14)15/h3-4,7-8H,5-6H2,1-2H3,(H,14,15). The molecule has 0 aromatic carbocycles. The number of aryl methyl sites for hydroxylation is 1. The number of rotatable bonds is 5. The monoisotopic (exact) mass is 273 g/mol. The second kappa shape index (κ2) is 5.34. The van der Waals surface area contributed by atoms with Gasteiger partial charge in [0, 0.05) is 25.0 Å². The van der Waals surface area contributed by atoms with Crippen molar-refractivity contribution in [2.45, 2.75) is 25.6 Å². The van der Waals surface area contributed by atoms with E-state index in [0.29, 0.717) is 0 Å². The molecule has 0 saturated carbocycles. The molecule has 0 spiro atoms. The Labute approximate surface area is 105 Å². The van der Waals surface area contributed by atoms with Gasteiger partial charge in [-0.05, 0) is 13.8 Å². The molecule has 18 heavy (non-hydrogen) atoms. The van der Waals surface area contributed by atoms with E-state index in [-0.39, 0.29) is 17.9 Å². The van der Waals surface area contributed by atoms with Gasteiger partial charge in [0.1, 0.15) is 5.56 Å². The number of carboxylic acid groups (broad SMARTS) is 1. The van der Waals surface area contributed by atoms with Crippen molar-refractivity contribution in [1.82, 2.24) is 4.57 Å². The quantitative estimate of drug-likeness (QED) is 0.836. The summed E-state index contributed by atoms with van der Waals surface area (Å²) >= 11 is 0. The minimum Gasteiger partial charge on any atom is -0.477 e. The van der Waals surface area contributed by atoms with Crippen molar-refractivity contribution in [3.05, 3.63) is 34.2 Å². The van der Waals surface area contributed by atoms with E-state index in [1.807, 2.05) is 0 Å². The lowest BCUT2D eigenvalue weighted by Crippen LogP contribution is -2.23. The average Bonchev–Trinajstić information content (AvgIpc) is 2.27. The summed E-state index contributed by atoms with van der Waals surface area (Å²) in [5.74, 6) is -1.41. The minimum absolute atomic E-state index is 0.0907. The maximum Gasteiger partial charge on any atom is 0.341 e. The summed E-state index contributed by atoms with van der Waals surface area (Å²) in [4.78, 5) is 22.0. The first-order valence-electron chi connectivity index (χ1n) is 5.39. The number of sulfone groups is 1. The first-order valence-corrected chi connectivity index (χ1v) is 7.10. The molecule has 1 aromatic heterocycles. The number of aromatic nitrogens is 1. The Morgan fingerprint density at radius 2 is 2.06 bits per heavy atom. The third-order valence-corrected chi connectivity index (χ3v) is 4.75. The maximum atomic E-state index is 11.6. The summed E-state index contributed by atoms with van der Waals surface area (Å²) < 4.78 is 24.6. The van der Waals surface area contributed by atoms with Crippen LogP contribution >= 0.6 is 0 Å². The molecule has 100 valence electrons. The molecule has 0 saturated heterocycles. The first-order chi connectivity index (χ1) is 8.24. The fourth-order valence-corrected chi connectivity index (χ4v) is 2.23. The van der Waals surface area contributed by atoms with Gasteiger partial charge in [-0.15, -0.1) is 0 Å². The molecule has 1 N–H and O–H groups in total. The van der Waals surface area contributed by atoms with Gasteiger partial charge < -0.3 is 9.67 Å². The summed E-state index contributed by atoms with van der Waals surface area (Å²) in [6.07, 6.45) is 2.53. The summed E-state index contributed by atoms with van der Waals surface area (Å²) in [7, 11) is -3.19. The predicted molar refractivity (Wildman–Crippen MR) is 66.6 cm³/mol. The molecule has 0 fully saturated rings. The van der Waals surface area contributed by atoms with Gasteiger partial charge in [-0.2, -0.15) is 0 Å². The van der Waals surface area contributed by atoms with Crippen molar-refractivity contribution in [2.75, 3.05) is 5.75 Å². The number of nitrogens with zero attached hydrogens (tertiary/aromatic N) is 1. The highest BCUT2D eigenvalue weighted by molar-refractivity contribution is 7.91. The molecule has 0 aliphatic rings. The van der Waals surface area contributed by atoms with Crippen LogP contribution in [0.1, 0.15) is 24.2 Å². The molecule has 1 rings (SSSR count). The second-order valence-corrected chi connectivity index (χ2v) is 6.86. The van der Waals surface area contributed by atoms with Crippen molar-refractivity contribution in [2.24, 2.45) is 0 Å². The lowest BCUT2D eigenvalue weighted by Gasteiger charge is -2.10. The summed E-state index contributed by atoms with van der Waals surface area (Å²) in [5, 5.41) is 8.30. The highest BCUT2D eigenvalue weighted by Gasteiger charge is 2.16. The van der Waals surface area contributed by atoms with Crippen LogP contribution in [-0.2, 0) is 16.4 Å². The number of hydrogen-bond donors (Lipinski definition) is 1. The lowest BCUT2D eigenvalue weighted by atomic mass is 10.3. The van der Waals surface area contributed by atoms with Crippen LogP contribution in [0, 0.1) is 0 Å². The van der Waals surface area contributed by atoms with Crippen LogP contribution in [0.25, 0.3) is 0 Å². The van der Waals surface area contributed by atoms with Crippen LogP contribution in [0.5, 0.6) is 0 Å². The molecule has 0 amide bonds. The third-order valence-electron chi connectivity index (χ3n) is 2.56. The van der Waals surface area contributed by atoms with Crippen LogP contribution in [0.15, 0.2) is 23.3 Å². The Hall–Kier alpha value is -1.63. The molecule has 6 nitrogen and oxygen atoms in total. The van der Waals surface area contributed by atoms with E-state index in [2.05, 4.69) is 0 Å². The van der Waals surface area contributed by atoms with Crippen molar-refractivity contribution in [3.63, 3.8) is 0 Å². The van der Waals surface area contributed by atoms with Gasteiger partial charge in [0.2, 0.25) is 0 Å². The Kier molecular flexibility index (Phi) is 4.28. The first kappa shape index (κ1) is 14.4. The van der Waals surface area contributed by atoms with Crippen molar-refractivity contribution >= 4 is 15.8 Å². The Morgan fingerprint density at radius 3 is 2.56 bits per heavy atom. The van der Waals surface area contributed by atoms with Gasteiger partial charge in [0.25, 0.3) is 0 Å². The van der Waals surface area contributed by atoms with Crippen LogP contribution in [0.4, 0.5) is 0 Å². The Morgan fingerprint density at radius 1 is 1.44 bits per heavy atom. The molecule has 0 bridgehead atoms. The zero-order valence-corrected chi connectivity index (χ0v) is 11.0. The highest BCUT2D eigenvalue weighted by atomic mass is 32.2. The van der Waals surface area contributed by atoms with Crippen LogP contribution in [0.2, 0.25) is 0 Å². The number of hydrogen-bond acceptors (Lipinski definition) is 4. The van der Waals surface area contributed by atoms with E-state index in [9.17, 15) is 18.0 Å². The van der Waals surface area contributed by atoms with E-state index in [0.717, 1.165) is 12.3 Å². The Bertz CT molecular complexity index is 600. The largest absolute Gasteiger partial charge is 0.477 e. The molecule has 0 radical (unpaired) electrons. The minimum atomic E-state index is -3.19. The normalized spacial score (nSPS) is 11.7. The zero-order valence-electron chi connectivity index (χ0n) is 10.2. The SMILES string of the molecule is CC(C)S(=O)(=O)CCn1ccc(=O)c(C(=O)O)c1. The van der Waals surface area contributed by atoms with Crippen LogP contribution in [0.3, 0.4) is 0 Å². The summed E-state index contributed by atoms with van der Waals surface area (Å²) in [6.45, 7) is 3.30. The third kappa shape index (κ3) is 3.43. The molecular formula is C11H15NO5S. The fraction of sp³-hybridized carbons (Fsp3) is 0.455. The molecular weight excluding hydrogens is 258 g/mol. The summed E-state index contributed by atoms with van der Waals surface area (Å²) in [6, 6.07) is 1.12. The van der Waals surface area contributed by atoms with Crippen molar-refractivity contribution in [3.8, 4) is 0 Å². The van der Waals surface area contributed by atoms with Crippen molar-refractivity contribution < 1.29 is 18.3 Å². The van der Waals surface area contributed by atoms with Gasteiger partial charge >= 0.3 is 5.97 Å². The topological polar surface area (TPSA) is 93.4 Å². The maximum absolute atomic E-state index is 11.6. The molecule has 0 aliphatic carbocycles. The fourth-order valence-electron chi connectivity index (χ4n) is 1.29. The van der Waals surface area contributed by atoms with E-state index in [4.69, 9.17) is 5.11 Å². The summed E-state index contributed by atoms with van der Waals surface area (Å²) in [5.41, 5.74) is -0.954.